The zero-order chi connectivity index (χ0) is 58.1. The second-order valence-electron chi connectivity index (χ2n) is 30.0. The topological polar surface area (TPSA) is 3.24 Å². The second-order valence-corrected chi connectivity index (χ2v) is 30.0. The lowest BCUT2D eigenvalue weighted by Gasteiger charge is -2.32. The van der Waals surface area contributed by atoms with E-state index < -0.39 is 0 Å². The van der Waals surface area contributed by atoms with Gasteiger partial charge in [-0.15, -0.1) is 0 Å². The van der Waals surface area contributed by atoms with Crippen LogP contribution in [0.4, 0.5) is 17.1 Å². The second kappa shape index (κ2) is 19.2. The Bertz CT molecular complexity index is 3630. The van der Waals surface area contributed by atoms with Gasteiger partial charge in [0.2, 0.25) is 0 Å². The van der Waals surface area contributed by atoms with Crippen LogP contribution in [0.1, 0.15) is 182 Å². The number of hydrogen-bond donors (Lipinski definition) is 0. The minimum absolute atomic E-state index is 0.0519. The Labute approximate surface area is 487 Å². The van der Waals surface area contributed by atoms with Crippen molar-refractivity contribution in [2.24, 2.45) is 0 Å². The predicted octanol–water partition coefficient (Wildman–Crippen LogP) is 22.9. The molecule has 412 valence electrons. The lowest BCUT2D eigenvalue weighted by Crippen LogP contribution is -2.19. The Morgan fingerprint density at radius 1 is 0.235 bits per heavy atom. The van der Waals surface area contributed by atoms with E-state index in [2.05, 4.69) is 318 Å². The van der Waals surface area contributed by atoms with E-state index in [-0.39, 0.29) is 37.9 Å². The number of rotatable bonds is 7. The molecule has 0 unspecified atom stereocenters. The van der Waals surface area contributed by atoms with Crippen LogP contribution in [0.15, 0.2) is 182 Å². The summed E-state index contributed by atoms with van der Waals surface area (Å²) in [7, 11) is 0. The Hall–Kier alpha value is -7.22. The summed E-state index contributed by atoms with van der Waals surface area (Å²) in [5, 5.41) is 0. The zero-order valence-corrected chi connectivity index (χ0v) is 52.3. The molecule has 0 aromatic heterocycles. The lowest BCUT2D eigenvalue weighted by molar-refractivity contribution is 0.584. The molecule has 0 saturated carbocycles. The van der Waals surface area contributed by atoms with Crippen molar-refractivity contribution in [3.8, 4) is 66.8 Å². The molecule has 9 aromatic carbocycles. The fourth-order valence-corrected chi connectivity index (χ4v) is 13.1. The Kier molecular flexibility index (Phi) is 13.2. The van der Waals surface area contributed by atoms with E-state index in [4.69, 9.17) is 0 Å². The summed E-state index contributed by atoms with van der Waals surface area (Å²) in [6, 6.07) is 71.0. The van der Waals surface area contributed by atoms with Gasteiger partial charge in [0, 0.05) is 27.9 Å². The number of nitrogens with zero attached hydrogens (tertiary/aromatic N) is 1. The molecule has 0 radical (unpaired) electrons. The molecule has 1 heteroatoms. The highest BCUT2D eigenvalue weighted by atomic mass is 15.1. The quantitative estimate of drug-likeness (QED) is 0.154. The van der Waals surface area contributed by atoms with Crippen LogP contribution in [0.5, 0.6) is 0 Å². The minimum Gasteiger partial charge on any atom is -0.310 e. The number of fused-ring (bicyclic) bond motifs is 6. The summed E-state index contributed by atoms with van der Waals surface area (Å²) in [6.45, 7) is 44.6. The van der Waals surface area contributed by atoms with Gasteiger partial charge in [0.05, 0.1) is 0 Å². The monoisotopic (exact) mass is 1060 g/mol. The van der Waals surface area contributed by atoms with Crippen molar-refractivity contribution in [1.82, 2.24) is 0 Å². The molecule has 0 fully saturated rings. The van der Waals surface area contributed by atoms with Crippen molar-refractivity contribution >= 4 is 17.1 Å². The smallest absolute Gasteiger partial charge is 0.0474 e. The Morgan fingerprint density at radius 2 is 0.494 bits per heavy atom. The van der Waals surface area contributed by atoms with Crippen molar-refractivity contribution in [3.05, 3.63) is 232 Å². The molecule has 0 N–H and O–H groups in total. The zero-order valence-electron chi connectivity index (χ0n) is 52.3. The van der Waals surface area contributed by atoms with Gasteiger partial charge in [0.25, 0.3) is 0 Å². The van der Waals surface area contributed by atoms with Crippen molar-refractivity contribution in [3.63, 3.8) is 0 Å². The number of anilines is 3. The molecule has 11 rings (SSSR count). The summed E-state index contributed by atoms with van der Waals surface area (Å²) in [6.07, 6.45) is 0. The van der Waals surface area contributed by atoms with E-state index in [9.17, 15) is 0 Å². The van der Waals surface area contributed by atoms with Crippen molar-refractivity contribution in [2.45, 2.75) is 169 Å². The van der Waals surface area contributed by atoms with E-state index >= 15 is 0 Å². The van der Waals surface area contributed by atoms with E-state index in [1.165, 1.54) is 117 Å². The minimum atomic E-state index is -0.236. The predicted molar refractivity (Wildman–Crippen MR) is 351 cm³/mol. The molecular formula is C80H87N. The molecule has 9 aromatic rings. The highest BCUT2D eigenvalue weighted by Crippen LogP contribution is 2.55. The van der Waals surface area contributed by atoms with Crippen LogP contribution in [-0.2, 0) is 37.9 Å². The fourth-order valence-electron chi connectivity index (χ4n) is 13.1. The summed E-state index contributed by atoms with van der Waals surface area (Å²) in [5.41, 5.74) is 30.6. The first kappa shape index (κ1) is 55.7. The molecule has 0 heterocycles. The molecular weight excluding hydrogens is 975 g/mol. The van der Waals surface area contributed by atoms with E-state index in [1.807, 2.05) is 0 Å². The first-order valence-electron chi connectivity index (χ1n) is 29.8. The normalized spacial score (nSPS) is 14.6. The number of hydrogen-bond acceptors (Lipinski definition) is 1. The first-order chi connectivity index (χ1) is 37.8. The van der Waals surface area contributed by atoms with Crippen LogP contribution in [0, 0.1) is 0 Å². The molecule has 1 nitrogen and oxygen atoms in total. The van der Waals surface area contributed by atoms with Crippen LogP contribution >= 0.6 is 0 Å². The van der Waals surface area contributed by atoms with Gasteiger partial charge in [-0.1, -0.05) is 265 Å². The molecule has 2 aliphatic rings. The van der Waals surface area contributed by atoms with Gasteiger partial charge in [-0.3, -0.25) is 0 Å². The first-order valence-corrected chi connectivity index (χ1v) is 29.8. The average Bonchev–Trinajstić information content (AvgIpc) is 3.82. The van der Waals surface area contributed by atoms with Gasteiger partial charge in [-0.05, 0) is 192 Å². The van der Waals surface area contributed by atoms with Crippen molar-refractivity contribution < 1.29 is 0 Å². The Balaban J connectivity index is 1.14. The standard InChI is InChI=1S/C80H87N/c1-74(2,3)56-30-20-50(21-31-56)52-24-36-60(37-25-52)81(61-38-26-53(27-39-61)51-22-32-57(33-23-51)75(4,5)6)62-48-67(54-28-40-63-65-42-34-58(76(7,8)9)46-71(65)79(16,17)69(63)44-54)73(78(13,14)15)68(49-62)55-29-41-64-66-43-35-59(77(10,11)12)47-72(66)80(18,19)70(64)45-55/h20-49H,1-19H3. The lowest BCUT2D eigenvalue weighted by atomic mass is 9.75. The number of benzene rings is 9. The maximum Gasteiger partial charge on any atom is 0.0474 e. The fraction of sp³-hybridized carbons (Fsp3) is 0.325. The van der Waals surface area contributed by atoms with Gasteiger partial charge in [0.15, 0.2) is 0 Å². The molecule has 2 aliphatic carbocycles. The third kappa shape index (κ3) is 10.0. The largest absolute Gasteiger partial charge is 0.310 e. The SMILES string of the molecule is CC(C)(C)c1ccc(-c2ccc(N(c3ccc(-c4ccc(C(C)(C)C)cc4)cc3)c3cc(-c4ccc5c(c4)C(C)(C)c4cc(C(C)(C)C)ccc4-5)c(C(C)(C)C)c(-c4ccc5c(c4)C(C)(C)c4cc(C(C)(C)C)ccc4-5)c3)cc2)cc1. The van der Waals surface area contributed by atoms with Crippen molar-refractivity contribution in [1.29, 1.82) is 0 Å². The molecule has 0 atom stereocenters. The van der Waals surface area contributed by atoms with Gasteiger partial charge in [0.1, 0.15) is 0 Å². The van der Waals surface area contributed by atoms with Gasteiger partial charge < -0.3 is 4.90 Å². The van der Waals surface area contributed by atoms with Gasteiger partial charge >= 0.3 is 0 Å². The summed E-state index contributed by atoms with van der Waals surface area (Å²) >= 11 is 0. The molecule has 0 bridgehead atoms. The third-order valence-corrected chi connectivity index (χ3v) is 18.3. The highest BCUT2D eigenvalue weighted by Gasteiger charge is 2.39. The maximum atomic E-state index is 2.54. The van der Waals surface area contributed by atoms with Gasteiger partial charge in [-0.25, -0.2) is 0 Å². The molecule has 81 heavy (non-hydrogen) atoms. The highest BCUT2D eigenvalue weighted by molar-refractivity contribution is 5.93. The van der Waals surface area contributed by atoms with Crippen LogP contribution in [0.2, 0.25) is 0 Å². The van der Waals surface area contributed by atoms with Crippen LogP contribution < -0.4 is 4.90 Å². The van der Waals surface area contributed by atoms with Gasteiger partial charge in [-0.2, -0.15) is 0 Å². The third-order valence-electron chi connectivity index (χ3n) is 18.3. The average molecular weight is 1060 g/mol. The molecule has 0 spiro atoms. The van der Waals surface area contributed by atoms with E-state index in [1.54, 1.807) is 0 Å². The molecule has 0 saturated heterocycles. The van der Waals surface area contributed by atoms with E-state index in [0.29, 0.717) is 0 Å². The van der Waals surface area contributed by atoms with E-state index in [0.717, 1.165) is 17.1 Å². The van der Waals surface area contributed by atoms with Crippen LogP contribution in [-0.4, -0.2) is 0 Å². The summed E-state index contributed by atoms with van der Waals surface area (Å²) in [4.78, 5) is 2.50. The Morgan fingerprint density at radius 3 is 0.790 bits per heavy atom. The maximum absolute atomic E-state index is 2.54. The molecule has 0 aliphatic heterocycles. The summed E-state index contributed by atoms with van der Waals surface area (Å²) in [5.74, 6) is 0. The summed E-state index contributed by atoms with van der Waals surface area (Å²) < 4.78 is 0. The van der Waals surface area contributed by atoms with Crippen LogP contribution in [0.25, 0.3) is 66.8 Å². The van der Waals surface area contributed by atoms with Crippen LogP contribution in [0.3, 0.4) is 0 Å². The van der Waals surface area contributed by atoms with Crippen molar-refractivity contribution in [2.75, 3.05) is 4.90 Å². The molecule has 0 amide bonds.